The molecule has 0 unspecified atom stereocenters. The Balaban J connectivity index is 2.27. The van der Waals surface area contributed by atoms with Gasteiger partial charge in [-0.25, -0.2) is 0 Å². The molecule has 24 heavy (non-hydrogen) atoms. The van der Waals surface area contributed by atoms with Crippen molar-refractivity contribution in [2.24, 2.45) is 0 Å². The van der Waals surface area contributed by atoms with E-state index in [0.717, 1.165) is 0 Å². The third-order valence-electron chi connectivity index (χ3n) is 3.03. The number of rotatable bonds is 4. The average Bonchev–Trinajstić information content (AvgIpc) is 2.56. The zero-order chi connectivity index (χ0) is 17.7. The van der Waals surface area contributed by atoms with Gasteiger partial charge < -0.3 is 10.1 Å². The number of halogens is 3. The van der Waals surface area contributed by atoms with Gasteiger partial charge in [0.05, 0.1) is 22.3 Å². The van der Waals surface area contributed by atoms with E-state index in [1.165, 1.54) is 12.1 Å². The molecule has 7 heteroatoms. The fraction of sp³-hybridized carbons (Fsp3) is 0.0588. The molecule has 0 fully saturated rings. The first-order valence-electron chi connectivity index (χ1n) is 6.66. The van der Waals surface area contributed by atoms with Crippen molar-refractivity contribution < 1.29 is 9.53 Å². The van der Waals surface area contributed by atoms with E-state index in [0.29, 0.717) is 31.5 Å². The highest BCUT2D eigenvalue weighted by Crippen LogP contribution is 2.28. The molecule has 0 bridgehead atoms. The minimum Gasteiger partial charge on any atom is -0.496 e. The largest absolute Gasteiger partial charge is 0.496 e. The fourth-order valence-electron chi connectivity index (χ4n) is 1.87. The van der Waals surface area contributed by atoms with Crippen LogP contribution in [0.1, 0.15) is 5.56 Å². The molecule has 1 amide bonds. The topological polar surface area (TPSA) is 62.1 Å². The van der Waals surface area contributed by atoms with Gasteiger partial charge in [-0.3, -0.25) is 4.79 Å². The molecule has 0 heterocycles. The van der Waals surface area contributed by atoms with Gasteiger partial charge in [-0.1, -0.05) is 29.3 Å². The van der Waals surface area contributed by atoms with Crippen molar-refractivity contribution in [2.75, 3.05) is 12.4 Å². The molecule has 0 atom stereocenters. The van der Waals surface area contributed by atoms with E-state index in [4.69, 9.17) is 27.9 Å². The Hall–Kier alpha value is -2.00. The maximum atomic E-state index is 12.3. The standard InChI is InChI=1S/C17H11BrCl2N2O2/c1-24-16-5-2-10(7-13(16)18)6-11(9-21)17(23)22-15-8-12(19)3-4-14(15)20/h2-8H,1H3,(H,22,23). The number of nitrogens with zero attached hydrogens (tertiary/aromatic N) is 1. The van der Waals surface area contributed by atoms with Gasteiger partial charge >= 0.3 is 0 Å². The van der Waals surface area contributed by atoms with Crippen LogP contribution in [-0.4, -0.2) is 13.0 Å². The van der Waals surface area contributed by atoms with E-state index in [1.54, 1.807) is 37.4 Å². The molecule has 2 aromatic rings. The summed E-state index contributed by atoms with van der Waals surface area (Å²) in [5.41, 5.74) is 0.945. The molecule has 0 saturated heterocycles. The van der Waals surface area contributed by atoms with Crippen molar-refractivity contribution in [3.8, 4) is 11.8 Å². The number of nitrogens with one attached hydrogen (secondary N) is 1. The van der Waals surface area contributed by atoms with Gasteiger partial charge in [-0.05, 0) is 57.9 Å². The number of benzene rings is 2. The Morgan fingerprint density at radius 1 is 1.29 bits per heavy atom. The van der Waals surface area contributed by atoms with Crippen molar-refractivity contribution in [1.82, 2.24) is 0 Å². The summed E-state index contributed by atoms with van der Waals surface area (Å²) >= 11 is 15.2. The van der Waals surface area contributed by atoms with Crippen LogP contribution >= 0.6 is 39.1 Å². The normalized spacial score (nSPS) is 10.9. The summed E-state index contributed by atoms with van der Waals surface area (Å²) in [6, 6.07) is 11.8. The number of carbonyl (C=O) groups is 1. The SMILES string of the molecule is COc1ccc(C=C(C#N)C(=O)Nc2cc(Cl)ccc2Cl)cc1Br. The number of hydrogen-bond acceptors (Lipinski definition) is 3. The molecule has 0 aromatic heterocycles. The summed E-state index contributed by atoms with van der Waals surface area (Å²) in [5.74, 6) is 0.0782. The lowest BCUT2D eigenvalue weighted by Gasteiger charge is -2.07. The van der Waals surface area contributed by atoms with Crippen LogP contribution in [0, 0.1) is 11.3 Å². The monoisotopic (exact) mass is 424 g/mol. The molecule has 0 aliphatic heterocycles. The number of ether oxygens (including phenoxy) is 1. The van der Waals surface area contributed by atoms with Crippen LogP contribution in [-0.2, 0) is 4.79 Å². The van der Waals surface area contributed by atoms with E-state index in [1.807, 2.05) is 6.07 Å². The average molecular weight is 426 g/mol. The number of anilines is 1. The lowest BCUT2D eigenvalue weighted by Crippen LogP contribution is -2.13. The molecule has 0 spiro atoms. The highest BCUT2D eigenvalue weighted by molar-refractivity contribution is 9.10. The summed E-state index contributed by atoms with van der Waals surface area (Å²) in [4.78, 5) is 12.3. The molecule has 0 aliphatic carbocycles. The molecule has 0 radical (unpaired) electrons. The van der Waals surface area contributed by atoms with E-state index in [2.05, 4.69) is 21.2 Å². The second-order valence-corrected chi connectivity index (χ2v) is 6.34. The predicted octanol–water partition coefficient (Wildman–Crippen LogP) is 5.31. The highest BCUT2D eigenvalue weighted by Gasteiger charge is 2.12. The number of hydrogen-bond donors (Lipinski definition) is 1. The van der Waals surface area contributed by atoms with Crippen LogP contribution in [0.5, 0.6) is 5.75 Å². The van der Waals surface area contributed by atoms with Gasteiger partial charge in [0.25, 0.3) is 5.91 Å². The third kappa shape index (κ3) is 4.51. The first-order valence-corrected chi connectivity index (χ1v) is 8.21. The van der Waals surface area contributed by atoms with Crippen LogP contribution in [0.25, 0.3) is 6.08 Å². The molecule has 1 N–H and O–H groups in total. The van der Waals surface area contributed by atoms with Gasteiger partial charge in [0.2, 0.25) is 0 Å². The Bertz CT molecular complexity index is 860. The molecular formula is C17H11BrCl2N2O2. The lowest BCUT2D eigenvalue weighted by atomic mass is 10.1. The Kier molecular flexibility index (Phi) is 6.27. The molecule has 0 saturated carbocycles. The summed E-state index contributed by atoms with van der Waals surface area (Å²) in [6.45, 7) is 0. The first kappa shape index (κ1) is 18.3. The van der Waals surface area contributed by atoms with Crippen molar-refractivity contribution in [2.45, 2.75) is 0 Å². The number of carbonyl (C=O) groups excluding carboxylic acids is 1. The second-order valence-electron chi connectivity index (χ2n) is 4.64. The number of methoxy groups -OCH3 is 1. The Labute approximate surface area is 157 Å². The first-order chi connectivity index (χ1) is 11.4. The van der Waals surface area contributed by atoms with Gasteiger partial charge in [-0.15, -0.1) is 0 Å². The third-order valence-corrected chi connectivity index (χ3v) is 4.21. The second kappa shape index (κ2) is 8.20. The zero-order valence-corrected chi connectivity index (χ0v) is 15.5. The molecule has 122 valence electrons. The minimum atomic E-state index is -0.575. The van der Waals surface area contributed by atoms with Crippen LogP contribution < -0.4 is 10.1 Å². The molecule has 0 aliphatic rings. The minimum absolute atomic E-state index is 0.0666. The van der Waals surface area contributed by atoms with E-state index in [9.17, 15) is 10.1 Å². The lowest BCUT2D eigenvalue weighted by molar-refractivity contribution is -0.112. The highest BCUT2D eigenvalue weighted by atomic mass is 79.9. The van der Waals surface area contributed by atoms with Crippen molar-refractivity contribution in [3.05, 3.63) is 62.1 Å². The van der Waals surface area contributed by atoms with Crippen molar-refractivity contribution in [1.29, 1.82) is 5.26 Å². The smallest absolute Gasteiger partial charge is 0.266 e. The van der Waals surface area contributed by atoms with Gasteiger partial charge in [-0.2, -0.15) is 5.26 Å². The van der Waals surface area contributed by atoms with Crippen LogP contribution in [0.4, 0.5) is 5.69 Å². The summed E-state index contributed by atoms with van der Waals surface area (Å²) in [7, 11) is 1.55. The Morgan fingerprint density at radius 3 is 2.67 bits per heavy atom. The summed E-state index contributed by atoms with van der Waals surface area (Å²) < 4.78 is 5.86. The van der Waals surface area contributed by atoms with Crippen LogP contribution in [0.2, 0.25) is 10.0 Å². The molecule has 2 rings (SSSR count). The molecule has 2 aromatic carbocycles. The van der Waals surface area contributed by atoms with Crippen LogP contribution in [0.15, 0.2) is 46.4 Å². The van der Waals surface area contributed by atoms with E-state index < -0.39 is 5.91 Å². The van der Waals surface area contributed by atoms with Gasteiger partial charge in [0.1, 0.15) is 17.4 Å². The number of nitriles is 1. The maximum Gasteiger partial charge on any atom is 0.266 e. The summed E-state index contributed by atoms with van der Waals surface area (Å²) in [6.07, 6.45) is 1.47. The van der Waals surface area contributed by atoms with E-state index >= 15 is 0 Å². The molecular weight excluding hydrogens is 415 g/mol. The molecule has 4 nitrogen and oxygen atoms in total. The van der Waals surface area contributed by atoms with Crippen molar-refractivity contribution in [3.63, 3.8) is 0 Å². The predicted molar refractivity (Wildman–Crippen MR) is 99.4 cm³/mol. The fourth-order valence-corrected chi connectivity index (χ4v) is 2.77. The van der Waals surface area contributed by atoms with Crippen LogP contribution in [0.3, 0.4) is 0 Å². The number of amides is 1. The van der Waals surface area contributed by atoms with Crippen molar-refractivity contribution >= 4 is 56.8 Å². The van der Waals surface area contributed by atoms with Gasteiger partial charge in [0, 0.05) is 5.02 Å². The zero-order valence-electron chi connectivity index (χ0n) is 12.4. The van der Waals surface area contributed by atoms with Gasteiger partial charge in [0.15, 0.2) is 0 Å². The Morgan fingerprint density at radius 2 is 2.04 bits per heavy atom. The quantitative estimate of drug-likeness (QED) is 0.533. The van der Waals surface area contributed by atoms with E-state index in [-0.39, 0.29) is 5.57 Å². The summed E-state index contributed by atoms with van der Waals surface area (Å²) in [5, 5.41) is 12.6. The maximum absolute atomic E-state index is 12.3.